The quantitative estimate of drug-likeness (QED) is 0.365. The molecule has 2 aromatic heterocycles. The van der Waals surface area contributed by atoms with E-state index in [-0.39, 0.29) is 16.4 Å². The lowest BCUT2D eigenvalue weighted by Crippen LogP contribution is -2.28. The van der Waals surface area contributed by atoms with E-state index >= 15 is 0 Å². The van der Waals surface area contributed by atoms with Crippen molar-refractivity contribution in [3.05, 3.63) is 76.7 Å². The summed E-state index contributed by atoms with van der Waals surface area (Å²) in [6, 6.07) is 13.7. The highest BCUT2D eigenvalue weighted by atomic mass is 32.2. The fourth-order valence-electron chi connectivity index (χ4n) is 4.85. The zero-order valence-electron chi connectivity index (χ0n) is 21.8. The highest BCUT2D eigenvalue weighted by Gasteiger charge is 2.30. The summed E-state index contributed by atoms with van der Waals surface area (Å²) in [5.41, 5.74) is 4.61. The van der Waals surface area contributed by atoms with Crippen molar-refractivity contribution in [2.24, 2.45) is 0 Å². The second-order valence-electron chi connectivity index (χ2n) is 9.68. The van der Waals surface area contributed by atoms with E-state index < -0.39 is 15.9 Å². The number of aromatic nitrogens is 3. The molecule has 0 radical (unpaired) electrons. The van der Waals surface area contributed by atoms with E-state index in [1.807, 2.05) is 19.9 Å². The van der Waals surface area contributed by atoms with Gasteiger partial charge in [-0.05, 0) is 75.9 Å². The van der Waals surface area contributed by atoms with Crippen molar-refractivity contribution in [1.82, 2.24) is 18.9 Å². The van der Waals surface area contributed by atoms with E-state index in [2.05, 4.69) is 15.4 Å². The maximum absolute atomic E-state index is 13.6. The van der Waals surface area contributed by atoms with E-state index in [1.54, 1.807) is 53.9 Å². The molecule has 2 aromatic carbocycles. The minimum atomic E-state index is -3.69. The monoisotopic (exact) mass is 531 g/mol. The summed E-state index contributed by atoms with van der Waals surface area (Å²) >= 11 is 0. The number of nitrogens with one attached hydrogen (secondary N) is 1. The molecule has 5 rings (SSSR count). The average Bonchev–Trinajstić information content (AvgIpc) is 3.54. The summed E-state index contributed by atoms with van der Waals surface area (Å²) in [5, 5.41) is 7.43. The molecule has 38 heavy (non-hydrogen) atoms. The van der Waals surface area contributed by atoms with Crippen LogP contribution in [-0.2, 0) is 10.0 Å². The molecule has 1 aliphatic rings. The number of sulfonamides is 1. The molecule has 1 fully saturated rings. The second kappa shape index (κ2) is 9.77. The van der Waals surface area contributed by atoms with Crippen molar-refractivity contribution in [2.45, 2.75) is 45.4 Å². The van der Waals surface area contributed by atoms with Gasteiger partial charge in [-0.1, -0.05) is 24.3 Å². The Morgan fingerprint density at radius 1 is 0.974 bits per heavy atom. The van der Waals surface area contributed by atoms with Gasteiger partial charge in [0.25, 0.3) is 5.91 Å². The van der Waals surface area contributed by atoms with Gasteiger partial charge < -0.3 is 5.32 Å². The van der Waals surface area contributed by atoms with Crippen LogP contribution in [0, 0.1) is 20.8 Å². The van der Waals surface area contributed by atoms with Gasteiger partial charge in [-0.2, -0.15) is 9.40 Å². The Labute approximate surface area is 221 Å². The number of anilines is 1. The summed E-state index contributed by atoms with van der Waals surface area (Å²) < 4.78 is 30.1. The molecule has 0 spiro atoms. The first-order valence-corrected chi connectivity index (χ1v) is 13.9. The van der Waals surface area contributed by atoms with E-state index in [4.69, 9.17) is 0 Å². The number of carbonyl (C=O) groups excluding carboxylic acids is 2. The molecule has 4 aromatic rings. The number of nitrogens with zero attached hydrogens (tertiary/aromatic N) is 4. The van der Waals surface area contributed by atoms with Crippen molar-refractivity contribution in [3.63, 3.8) is 0 Å². The van der Waals surface area contributed by atoms with Crippen LogP contribution < -0.4 is 5.32 Å². The third-order valence-corrected chi connectivity index (χ3v) is 8.84. The van der Waals surface area contributed by atoms with Gasteiger partial charge in [0.15, 0.2) is 17.1 Å². The van der Waals surface area contributed by atoms with Gasteiger partial charge in [0.1, 0.15) is 0 Å². The molecular weight excluding hydrogens is 502 g/mol. The normalized spacial score (nSPS) is 14.2. The first-order valence-electron chi connectivity index (χ1n) is 12.5. The molecule has 1 amide bonds. The Morgan fingerprint density at radius 2 is 1.71 bits per heavy atom. The molecule has 1 saturated heterocycles. The maximum Gasteiger partial charge on any atom is 0.276 e. The Balaban J connectivity index is 1.67. The number of fused-ring (bicyclic) bond motifs is 1. The maximum atomic E-state index is 13.6. The standard InChI is InChI=1S/C28H29N5O4S/c1-17-10-11-22(16-24(17)38(36,37)32-12-5-6-13-32)25-26(31-33-19(3)14-18(2)29-27(25)33)28(35)30-23-9-7-8-21(15-23)20(4)34/h7-11,14-16H,5-6,12-13H2,1-4H3,(H,30,35). The molecule has 0 unspecified atom stereocenters. The fraction of sp³-hybridized carbons (Fsp3) is 0.286. The predicted molar refractivity (Wildman–Crippen MR) is 145 cm³/mol. The third-order valence-electron chi connectivity index (χ3n) is 6.80. The minimum Gasteiger partial charge on any atom is -0.321 e. The van der Waals surface area contributed by atoms with Crippen LogP contribution in [0.25, 0.3) is 16.8 Å². The van der Waals surface area contributed by atoms with Gasteiger partial charge in [0, 0.05) is 35.7 Å². The number of aryl methyl sites for hydroxylation is 3. The van der Waals surface area contributed by atoms with E-state index in [1.165, 1.54) is 11.2 Å². The van der Waals surface area contributed by atoms with Crippen LogP contribution in [0.15, 0.2) is 53.4 Å². The molecule has 0 bridgehead atoms. The fourth-order valence-corrected chi connectivity index (χ4v) is 6.62. The summed E-state index contributed by atoms with van der Waals surface area (Å²) in [6.07, 6.45) is 1.67. The van der Waals surface area contributed by atoms with Crippen molar-refractivity contribution in [1.29, 1.82) is 0 Å². The number of amides is 1. The number of hydrogen-bond donors (Lipinski definition) is 1. The Hall–Kier alpha value is -3.89. The van der Waals surface area contributed by atoms with Gasteiger partial charge in [0.05, 0.1) is 10.5 Å². The summed E-state index contributed by atoms with van der Waals surface area (Å²) in [5.74, 6) is -0.607. The molecule has 1 aliphatic heterocycles. The second-order valence-corrected chi connectivity index (χ2v) is 11.6. The van der Waals surface area contributed by atoms with Crippen molar-refractivity contribution in [3.8, 4) is 11.1 Å². The highest BCUT2D eigenvalue weighted by molar-refractivity contribution is 7.89. The lowest BCUT2D eigenvalue weighted by Gasteiger charge is -2.18. The highest BCUT2D eigenvalue weighted by Crippen LogP contribution is 2.33. The van der Waals surface area contributed by atoms with Gasteiger partial charge in [-0.3, -0.25) is 9.59 Å². The van der Waals surface area contributed by atoms with Crippen LogP contribution in [0.4, 0.5) is 5.69 Å². The van der Waals surface area contributed by atoms with Gasteiger partial charge in [-0.25, -0.2) is 17.9 Å². The number of Topliss-reactive ketones (excluding diaryl/α,β-unsaturated/α-hetero) is 1. The van der Waals surface area contributed by atoms with Gasteiger partial charge >= 0.3 is 0 Å². The molecule has 1 N–H and O–H groups in total. The SMILES string of the molecule is CC(=O)c1cccc(NC(=O)c2nn3c(C)cc(C)nc3c2-c2ccc(C)c(S(=O)(=O)N3CCCC3)c2)c1. The summed E-state index contributed by atoms with van der Waals surface area (Å²) in [6.45, 7) is 7.95. The molecule has 0 saturated carbocycles. The van der Waals surface area contributed by atoms with Crippen LogP contribution in [-0.4, -0.2) is 52.1 Å². The van der Waals surface area contributed by atoms with Gasteiger partial charge in [-0.15, -0.1) is 0 Å². The predicted octanol–water partition coefficient (Wildman–Crippen LogP) is 4.56. The summed E-state index contributed by atoms with van der Waals surface area (Å²) in [7, 11) is -3.69. The van der Waals surface area contributed by atoms with E-state index in [0.717, 1.165) is 24.2 Å². The zero-order valence-corrected chi connectivity index (χ0v) is 22.6. The lowest BCUT2D eigenvalue weighted by atomic mass is 10.0. The molecule has 0 aliphatic carbocycles. The molecule has 3 heterocycles. The molecule has 196 valence electrons. The van der Waals surface area contributed by atoms with E-state index in [9.17, 15) is 18.0 Å². The number of carbonyl (C=O) groups is 2. The first-order chi connectivity index (χ1) is 18.1. The first kappa shape index (κ1) is 25.7. The summed E-state index contributed by atoms with van der Waals surface area (Å²) in [4.78, 5) is 30.3. The smallest absolute Gasteiger partial charge is 0.276 e. The van der Waals surface area contributed by atoms with Crippen LogP contribution in [0.1, 0.15) is 57.6 Å². The lowest BCUT2D eigenvalue weighted by molar-refractivity contribution is 0.100. The number of benzene rings is 2. The molecule has 10 heteroatoms. The van der Waals surface area contributed by atoms with Crippen molar-refractivity contribution >= 4 is 33.0 Å². The van der Waals surface area contributed by atoms with Crippen molar-refractivity contribution in [2.75, 3.05) is 18.4 Å². The van der Waals surface area contributed by atoms with Crippen LogP contribution in [0.3, 0.4) is 0 Å². The average molecular weight is 532 g/mol. The van der Waals surface area contributed by atoms with Gasteiger partial charge in [0.2, 0.25) is 10.0 Å². The van der Waals surface area contributed by atoms with Crippen LogP contribution in [0.5, 0.6) is 0 Å². The van der Waals surface area contributed by atoms with Crippen molar-refractivity contribution < 1.29 is 18.0 Å². The number of ketones is 1. The molecule has 0 atom stereocenters. The Kier molecular flexibility index (Phi) is 6.62. The Morgan fingerprint density at radius 3 is 2.42 bits per heavy atom. The van der Waals surface area contributed by atoms with Crippen LogP contribution in [0.2, 0.25) is 0 Å². The number of rotatable bonds is 6. The minimum absolute atomic E-state index is 0.104. The molecule has 9 nitrogen and oxygen atoms in total. The topological polar surface area (TPSA) is 114 Å². The Bertz CT molecular complexity index is 1700. The zero-order chi connectivity index (χ0) is 27.2. The van der Waals surface area contributed by atoms with Crippen LogP contribution >= 0.6 is 0 Å². The number of hydrogen-bond acceptors (Lipinski definition) is 6. The largest absolute Gasteiger partial charge is 0.321 e. The third kappa shape index (κ3) is 4.61. The molecular formula is C28H29N5O4S. The van der Waals surface area contributed by atoms with E-state index in [0.29, 0.717) is 46.7 Å².